The highest BCUT2D eigenvalue weighted by atomic mass is 32.2. The second-order valence-electron chi connectivity index (χ2n) is 4.48. The summed E-state index contributed by atoms with van der Waals surface area (Å²) in [7, 11) is 0. The summed E-state index contributed by atoms with van der Waals surface area (Å²) < 4.78 is 1.77. The Bertz CT molecular complexity index is 406. The monoisotopic (exact) mass is 284 g/mol. The molecule has 1 heterocycles. The van der Waals surface area contributed by atoms with Crippen LogP contribution < -0.4 is 10.6 Å². The van der Waals surface area contributed by atoms with E-state index < -0.39 is 0 Å². The van der Waals surface area contributed by atoms with Crippen molar-refractivity contribution in [2.75, 3.05) is 18.8 Å². The Morgan fingerprint density at radius 1 is 1.53 bits per heavy atom. The van der Waals surface area contributed by atoms with E-state index in [-0.39, 0.29) is 5.91 Å². The summed E-state index contributed by atoms with van der Waals surface area (Å²) in [5.74, 6) is 0.835. The molecule has 106 valence electrons. The van der Waals surface area contributed by atoms with E-state index in [1.165, 1.54) is 11.8 Å². The number of hydrogen-bond acceptors (Lipinski definition) is 6. The topological polar surface area (TPSA) is 84.7 Å². The first kappa shape index (κ1) is 14.3. The summed E-state index contributed by atoms with van der Waals surface area (Å²) in [6.07, 6.45) is 2.77. The summed E-state index contributed by atoms with van der Waals surface area (Å²) in [4.78, 5) is 11.5. The number of likely N-dealkylation sites (N-methyl/N-ethyl adjacent to an activating group) is 1. The van der Waals surface area contributed by atoms with Crippen LogP contribution >= 0.6 is 11.8 Å². The summed E-state index contributed by atoms with van der Waals surface area (Å²) in [6.45, 7) is 4.59. The predicted octanol–water partition coefficient (Wildman–Crippen LogP) is 0.0434. The lowest BCUT2D eigenvalue weighted by Crippen LogP contribution is -2.25. The number of nitrogens with zero attached hydrogens (tertiary/aromatic N) is 4. The molecular weight excluding hydrogens is 264 g/mol. The van der Waals surface area contributed by atoms with Crippen LogP contribution in [0.2, 0.25) is 0 Å². The number of tetrazole rings is 1. The maximum absolute atomic E-state index is 11.5. The Morgan fingerprint density at radius 3 is 3.11 bits per heavy atom. The molecule has 1 aliphatic carbocycles. The molecule has 1 saturated carbocycles. The number of carbonyl (C=O) groups is 1. The van der Waals surface area contributed by atoms with E-state index in [2.05, 4.69) is 33.1 Å². The molecule has 0 atom stereocenters. The van der Waals surface area contributed by atoms with Crippen molar-refractivity contribution in [1.29, 1.82) is 0 Å². The van der Waals surface area contributed by atoms with E-state index >= 15 is 0 Å². The predicted molar refractivity (Wildman–Crippen MR) is 72.9 cm³/mol. The van der Waals surface area contributed by atoms with Gasteiger partial charge < -0.3 is 10.6 Å². The average Bonchev–Trinajstić information content (AvgIpc) is 3.09. The molecule has 0 aromatic carbocycles. The van der Waals surface area contributed by atoms with Gasteiger partial charge >= 0.3 is 0 Å². The van der Waals surface area contributed by atoms with Crippen molar-refractivity contribution in [1.82, 2.24) is 30.8 Å². The van der Waals surface area contributed by atoms with Crippen molar-refractivity contribution in [2.24, 2.45) is 0 Å². The molecule has 2 rings (SSSR count). The molecule has 1 aromatic rings. The molecule has 0 aliphatic heterocycles. The highest BCUT2D eigenvalue weighted by Gasteiger charge is 2.22. The number of amides is 1. The zero-order chi connectivity index (χ0) is 13.5. The molecule has 2 N–H and O–H groups in total. The Labute approximate surface area is 116 Å². The standard InChI is InChI=1S/C11H20N6OS/c1-2-12-6-7-17-11(14-15-16-17)19-8-5-10(18)13-9-3-4-9/h9,12H,2-8H2,1H3,(H,13,18). The van der Waals surface area contributed by atoms with E-state index in [9.17, 15) is 4.79 Å². The molecule has 19 heavy (non-hydrogen) atoms. The fourth-order valence-corrected chi connectivity index (χ4v) is 2.41. The SMILES string of the molecule is CCNCCn1nnnc1SCCC(=O)NC1CC1. The van der Waals surface area contributed by atoms with E-state index in [0.29, 0.717) is 18.2 Å². The number of hydrogen-bond donors (Lipinski definition) is 2. The quantitative estimate of drug-likeness (QED) is 0.492. The molecule has 1 aliphatic rings. The Hall–Kier alpha value is -1.15. The van der Waals surface area contributed by atoms with Gasteiger partial charge in [-0.1, -0.05) is 18.7 Å². The van der Waals surface area contributed by atoms with Crippen molar-refractivity contribution < 1.29 is 4.79 Å². The summed E-state index contributed by atoms with van der Waals surface area (Å²) in [5, 5.41) is 18.6. The lowest BCUT2D eigenvalue weighted by molar-refractivity contribution is -0.120. The van der Waals surface area contributed by atoms with Gasteiger partial charge in [0.25, 0.3) is 0 Å². The van der Waals surface area contributed by atoms with Gasteiger partial charge in [0.1, 0.15) is 0 Å². The Balaban J connectivity index is 1.66. The second kappa shape index (κ2) is 7.44. The van der Waals surface area contributed by atoms with Crippen molar-refractivity contribution in [2.45, 2.75) is 43.9 Å². The molecule has 1 amide bonds. The number of aromatic nitrogens is 4. The van der Waals surface area contributed by atoms with Gasteiger partial charge in [-0.05, 0) is 29.8 Å². The molecule has 0 spiro atoms. The zero-order valence-electron chi connectivity index (χ0n) is 11.1. The summed E-state index contributed by atoms with van der Waals surface area (Å²) in [5.41, 5.74) is 0. The van der Waals surface area contributed by atoms with Gasteiger partial charge in [-0.3, -0.25) is 4.79 Å². The van der Waals surface area contributed by atoms with Crippen LogP contribution in [0.4, 0.5) is 0 Å². The molecule has 0 saturated heterocycles. The van der Waals surface area contributed by atoms with E-state index in [1.807, 2.05) is 0 Å². The van der Waals surface area contributed by atoms with Crippen LogP contribution in [-0.4, -0.2) is 51.0 Å². The third-order valence-corrected chi connectivity index (χ3v) is 3.71. The number of thioether (sulfide) groups is 1. The number of rotatable bonds is 9. The van der Waals surface area contributed by atoms with Crippen LogP contribution in [-0.2, 0) is 11.3 Å². The Morgan fingerprint density at radius 2 is 2.37 bits per heavy atom. The van der Waals surface area contributed by atoms with Crippen LogP contribution in [0.25, 0.3) is 0 Å². The van der Waals surface area contributed by atoms with Gasteiger partial charge in [0.2, 0.25) is 11.1 Å². The molecule has 0 bridgehead atoms. The minimum atomic E-state index is 0.127. The minimum absolute atomic E-state index is 0.127. The third-order valence-electron chi connectivity index (χ3n) is 2.75. The lowest BCUT2D eigenvalue weighted by Gasteiger charge is -2.05. The van der Waals surface area contributed by atoms with Crippen molar-refractivity contribution in [3.63, 3.8) is 0 Å². The maximum atomic E-state index is 11.5. The minimum Gasteiger partial charge on any atom is -0.353 e. The Kier molecular flexibility index (Phi) is 5.59. The molecule has 8 heteroatoms. The number of carbonyl (C=O) groups excluding carboxylic acids is 1. The fourth-order valence-electron chi connectivity index (χ4n) is 1.56. The normalized spacial score (nSPS) is 14.6. The number of nitrogens with one attached hydrogen (secondary N) is 2. The summed E-state index contributed by atoms with van der Waals surface area (Å²) >= 11 is 1.53. The van der Waals surface area contributed by atoms with Crippen molar-refractivity contribution >= 4 is 17.7 Å². The van der Waals surface area contributed by atoms with Crippen LogP contribution in [0, 0.1) is 0 Å². The zero-order valence-corrected chi connectivity index (χ0v) is 11.9. The molecule has 0 unspecified atom stereocenters. The van der Waals surface area contributed by atoms with E-state index in [0.717, 1.165) is 37.6 Å². The van der Waals surface area contributed by atoms with Gasteiger partial charge in [0.05, 0.1) is 6.54 Å². The van der Waals surface area contributed by atoms with E-state index in [4.69, 9.17) is 0 Å². The molecule has 0 radical (unpaired) electrons. The largest absolute Gasteiger partial charge is 0.353 e. The summed E-state index contributed by atoms with van der Waals surface area (Å²) in [6, 6.07) is 0.433. The molecule has 1 fully saturated rings. The fraction of sp³-hybridized carbons (Fsp3) is 0.818. The third kappa shape index (κ3) is 5.15. The highest BCUT2D eigenvalue weighted by Crippen LogP contribution is 2.19. The van der Waals surface area contributed by atoms with Gasteiger partial charge in [0, 0.05) is 24.8 Å². The first-order valence-electron chi connectivity index (χ1n) is 6.68. The lowest BCUT2D eigenvalue weighted by atomic mass is 10.4. The highest BCUT2D eigenvalue weighted by molar-refractivity contribution is 7.99. The van der Waals surface area contributed by atoms with Gasteiger partial charge in [-0.15, -0.1) is 5.10 Å². The smallest absolute Gasteiger partial charge is 0.221 e. The maximum Gasteiger partial charge on any atom is 0.221 e. The van der Waals surface area contributed by atoms with Gasteiger partial charge in [-0.2, -0.15) is 0 Å². The van der Waals surface area contributed by atoms with Crippen LogP contribution in [0.5, 0.6) is 0 Å². The van der Waals surface area contributed by atoms with E-state index in [1.54, 1.807) is 4.68 Å². The first-order valence-corrected chi connectivity index (χ1v) is 7.67. The first-order chi connectivity index (χ1) is 9.29. The van der Waals surface area contributed by atoms with Gasteiger partial charge in [0.15, 0.2) is 0 Å². The van der Waals surface area contributed by atoms with Crippen molar-refractivity contribution in [3.8, 4) is 0 Å². The molecular formula is C11H20N6OS. The van der Waals surface area contributed by atoms with Crippen LogP contribution in [0.1, 0.15) is 26.2 Å². The van der Waals surface area contributed by atoms with Gasteiger partial charge in [-0.25, -0.2) is 4.68 Å². The van der Waals surface area contributed by atoms with Crippen LogP contribution in [0.15, 0.2) is 5.16 Å². The molecule has 7 nitrogen and oxygen atoms in total. The molecule has 1 aromatic heterocycles. The average molecular weight is 284 g/mol. The van der Waals surface area contributed by atoms with Crippen molar-refractivity contribution in [3.05, 3.63) is 0 Å². The second-order valence-corrected chi connectivity index (χ2v) is 5.54. The van der Waals surface area contributed by atoms with Crippen LogP contribution in [0.3, 0.4) is 0 Å².